The van der Waals surface area contributed by atoms with Crippen LogP contribution in [0.3, 0.4) is 0 Å². The number of carbonyl (C=O) groups is 1. The van der Waals surface area contributed by atoms with Gasteiger partial charge in [-0.2, -0.15) is 4.98 Å². The second-order valence-corrected chi connectivity index (χ2v) is 7.28. The van der Waals surface area contributed by atoms with Crippen LogP contribution >= 0.6 is 0 Å². The van der Waals surface area contributed by atoms with Crippen LogP contribution in [0.25, 0.3) is 0 Å². The lowest BCUT2D eigenvalue weighted by molar-refractivity contribution is 0.0946. The van der Waals surface area contributed by atoms with Crippen LogP contribution < -0.4 is 16.0 Å². The molecule has 8 heteroatoms. The summed E-state index contributed by atoms with van der Waals surface area (Å²) in [4.78, 5) is 21.0. The number of benzene rings is 1. The van der Waals surface area contributed by atoms with Crippen LogP contribution in [0, 0.1) is 13.8 Å². The molecular formula is C21H24N6O2. The van der Waals surface area contributed by atoms with Crippen molar-refractivity contribution in [1.82, 2.24) is 20.4 Å². The molecule has 1 amide bonds. The molecule has 1 aliphatic carbocycles. The van der Waals surface area contributed by atoms with Gasteiger partial charge in [-0.3, -0.25) is 4.79 Å². The first kappa shape index (κ1) is 18.9. The Hall–Kier alpha value is -3.42. The SMILES string of the molecule is Cc1ccc(Nc2cc(C)nc(NCCNC(=O)c3cc(C4CC4)on3)n2)cc1. The third kappa shape index (κ3) is 5.10. The van der Waals surface area contributed by atoms with E-state index in [1.54, 1.807) is 6.07 Å². The number of rotatable bonds is 8. The molecule has 0 bridgehead atoms. The van der Waals surface area contributed by atoms with E-state index in [0.717, 1.165) is 30.0 Å². The predicted molar refractivity (Wildman–Crippen MR) is 111 cm³/mol. The molecule has 150 valence electrons. The van der Waals surface area contributed by atoms with Crippen LogP contribution in [0.1, 0.15) is 46.3 Å². The summed E-state index contributed by atoms with van der Waals surface area (Å²) in [5.41, 5.74) is 3.33. The number of nitrogens with zero attached hydrogens (tertiary/aromatic N) is 3. The van der Waals surface area contributed by atoms with Gasteiger partial charge in [0.15, 0.2) is 5.69 Å². The Morgan fingerprint density at radius 2 is 1.90 bits per heavy atom. The maximum atomic E-state index is 12.1. The second kappa shape index (κ2) is 8.30. The van der Waals surface area contributed by atoms with E-state index in [1.165, 1.54) is 5.56 Å². The maximum absolute atomic E-state index is 12.1. The standard InChI is InChI=1S/C21H24N6O2/c1-13-3-7-16(8-4-13)25-19-11-14(2)24-21(26-19)23-10-9-22-20(28)17-12-18(29-27-17)15-5-6-15/h3-4,7-8,11-12,15H,5-6,9-10H2,1-2H3,(H,22,28)(H2,23,24,25,26). The zero-order valence-corrected chi connectivity index (χ0v) is 16.5. The number of nitrogens with one attached hydrogen (secondary N) is 3. The first-order valence-corrected chi connectivity index (χ1v) is 9.75. The first-order chi connectivity index (χ1) is 14.1. The van der Waals surface area contributed by atoms with Crippen molar-refractivity contribution in [2.75, 3.05) is 23.7 Å². The molecule has 3 N–H and O–H groups in total. The van der Waals surface area contributed by atoms with Crippen molar-refractivity contribution in [2.24, 2.45) is 0 Å². The van der Waals surface area contributed by atoms with Crippen LogP contribution in [0.2, 0.25) is 0 Å². The summed E-state index contributed by atoms with van der Waals surface area (Å²) in [6, 6.07) is 11.7. The molecule has 0 radical (unpaired) electrons. The van der Waals surface area contributed by atoms with Gasteiger partial charge in [0.1, 0.15) is 11.6 Å². The van der Waals surface area contributed by atoms with Crippen molar-refractivity contribution in [3.63, 3.8) is 0 Å². The van der Waals surface area contributed by atoms with Crippen molar-refractivity contribution >= 4 is 23.4 Å². The van der Waals surface area contributed by atoms with E-state index in [2.05, 4.69) is 31.1 Å². The van der Waals surface area contributed by atoms with Gasteiger partial charge in [-0.1, -0.05) is 22.9 Å². The van der Waals surface area contributed by atoms with E-state index < -0.39 is 0 Å². The summed E-state index contributed by atoms with van der Waals surface area (Å²) in [5.74, 6) is 2.21. The van der Waals surface area contributed by atoms with Crippen molar-refractivity contribution in [2.45, 2.75) is 32.6 Å². The highest BCUT2D eigenvalue weighted by atomic mass is 16.5. The van der Waals surface area contributed by atoms with Crippen LogP contribution in [-0.4, -0.2) is 34.1 Å². The molecular weight excluding hydrogens is 368 g/mol. The molecule has 0 spiro atoms. The topological polar surface area (TPSA) is 105 Å². The molecule has 29 heavy (non-hydrogen) atoms. The Balaban J connectivity index is 1.28. The van der Waals surface area contributed by atoms with Gasteiger partial charge in [-0.05, 0) is 38.8 Å². The molecule has 3 aromatic rings. The molecule has 0 unspecified atom stereocenters. The monoisotopic (exact) mass is 392 g/mol. The molecule has 1 aliphatic rings. The summed E-state index contributed by atoms with van der Waals surface area (Å²) in [7, 11) is 0. The molecule has 0 aliphatic heterocycles. The third-order valence-electron chi connectivity index (χ3n) is 4.61. The second-order valence-electron chi connectivity index (χ2n) is 7.28. The lowest BCUT2D eigenvalue weighted by Crippen LogP contribution is -2.29. The molecule has 8 nitrogen and oxygen atoms in total. The fourth-order valence-corrected chi connectivity index (χ4v) is 2.89. The summed E-state index contributed by atoms with van der Waals surface area (Å²) >= 11 is 0. The summed E-state index contributed by atoms with van der Waals surface area (Å²) in [5, 5.41) is 13.1. The Morgan fingerprint density at radius 3 is 2.66 bits per heavy atom. The van der Waals surface area contributed by atoms with Gasteiger partial charge in [-0.25, -0.2) is 4.98 Å². The van der Waals surface area contributed by atoms with Crippen LogP contribution in [0.15, 0.2) is 40.9 Å². The Labute approximate surface area is 169 Å². The van der Waals surface area contributed by atoms with Crippen molar-refractivity contribution < 1.29 is 9.32 Å². The van der Waals surface area contributed by atoms with E-state index in [4.69, 9.17) is 4.52 Å². The lowest BCUT2D eigenvalue weighted by atomic mass is 10.2. The number of hydrogen-bond donors (Lipinski definition) is 3. The molecule has 0 atom stereocenters. The van der Waals surface area contributed by atoms with Crippen LogP contribution in [0.5, 0.6) is 0 Å². The van der Waals surface area contributed by atoms with Gasteiger partial charge in [0.2, 0.25) is 5.95 Å². The van der Waals surface area contributed by atoms with Crippen LogP contribution in [-0.2, 0) is 0 Å². The highest BCUT2D eigenvalue weighted by molar-refractivity contribution is 5.92. The highest BCUT2D eigenvalue weighted by Gasteiger charge is 2.28. The van der Waals surface area contributed by atoms with Crippen molar-refractivity contribution in [3.8, 4) is 0 Å². The Bertz CT molecular complexity index is 995. The first-order valence-electron chi connectivity index (χ1n) is 9.75. The number of aryl methyl sites for hydroxylation is 2. The molecule has 2 aromatic heterocycles. The number of carbonyl (C=O) groups excluding carboxylic acids is 1. The average molecular weight is 392 g/mol. The molecule has 1 aromatic carbocycles. The molecule has 4 rings (SSSR count). The number of amides is 1. The normalized spacial score (nSPS) is 13.2. The number of hydrogen-bond acceptors (Lipinski definition) is 7. The molecule has 1 saturated carbocycles. The third-order valence-corrected chi connectivity index (χ3v) is 4.61. The van der Waals surface area contributed by atoms with E-state index in [0.29, 0.717) is 36.5 Å². The van der Waals surface area contributed by atoms with Crippen LogP contribution in [0.4, 0.5) is 17.5 Å². The molecule has 1 fully saturated rings. The maximum Gasteiger partial charge on any atom is 0.273 e. The minimum Gasteiger partial charge on any atom is -0.360 e. The predicted octanol–water partition coefficient (Wildman–Crippen LogP) is 3.54. The van der Waals surface area contributed by atoms with Gasteiger partial charge in [0.05, 0.1) is 0 Å². The highest BCUT2D eigenvalue weighted by Crippen LogP contribution is 2.40. The zero-order chi connectivity index (χ0) is 20.2. The smallest absolute Gasteiger partial charge is 0.273 e. The number of anilines is 3. The van der Waals surface area contributed by atoms with Gasteiger partial charge in [0.25, 0.3) is 5.91 Å². The zero-order valence-electron chi connectivity index (χ0n) is 16.5. The van der Waals surface area contributed by atoms with Gasteiger partial charge in [-0.15, -0.1) is 0 Å². The molecule has 2 heterocycles. The fourth-order valence-electron chi connectivity index (χ4n) is 2.89. The van der Waals surface area contributed by atoms with E-state index in [-0.39, 0.29) is 5.91 Å². The van der Waals surface area contributed by atoms with Gasteiger partial charge in [0, 0.05) is 42.5 Å². The Kier molecular flexibility index (Phi) is 5.41. The van der Waals surface area contributed by atoms with E-state index in [1.807, 2.05) is 44.2 Å². The molecule has 0 saturated heterocycles. The summed E-state index contributed by atoms with van der Waals surface area (Å²) < 4.78 is 5.21. The van der Waals surface area contributed by atoms with E-state index >= 15 is 0 Å². The Morgan fingerprint density at radius 1 is 1.10 bits per heavy atom. The quantitative estimate of drug-likeness (QED) is 0.504. The summed E-state index contributed by atoms with van der Waals surface area (Å²) in [6.45, 7) is 4.88. The average Bonchev–Trinajstić information content (AvgIpc) is 3.43. The number of aromatic nitrogens is 3. The van der Waals surface area contributed by atoms with Gasteiger partial charge < -0.3 is 20.5 Å². The minimum absolute atomic E-state index is 0.241. The van der Waals surface area contributed by atoms with Gasteiger partial charge >= 0.3 is 0 Å². The van der Waals surface area contributed by atoms with E-state index in [9.17, 15) is 4.79 Å². The van der Waals surface area contributed by atoms with Crippen molar-refractivity contribution in [1.29, 1.82) is 0 Å². The largest absolute Gasteiger partial charge is 0.360 e. The minimum atomic E-state index is -0.241. The fraction of sp³-hybridized carbons (Fsp3) is 0.333. The summed E-state index contributed by atoms with van der Waals surface area (Å²) in [6.07, 6.45) is 2.22. The lowest BCUT2D eigenvalue weighted by Gasteiger charge is -2.10. The van der Waals surface area contributed by atoms with Crippen molar-refractivity contribution in [3.05, 3.63) is 59.1 Å².